The summed E-state index contributed by atoms with van der Waals surface area (Å²) in [7, 11) is 0. The number of alkyl carbamates (subject to hydrolysis) is 1. The molecule has 0 aliphatic rings. The number of anilines is 1. The molecule has 7 nitrogen and oxygen atoms in total. The smallest absolute Gasteiger partial charge is 0.433 e. The Hall–Kier alpha value is -2.85. The molecule has 5 N–H and O–H groups in total. The van der Waals surface area contributed by atoms with E-state index in [0.29, 0.717) is 0 Å². The van der Waals surface area contributed by atoms with E-state index in [9.17, 15) is 28.2 Å². The average molecular weight is 399 g/mol. The minimum atomic E-state index is -4.84. The number of hydrogen-bond donors (Lipinski definition) is 4. The van der Waals surface area contributed by atoms with E-state index in [1.807, 2.05) is 6.07 Å². The summed E-state index contributed by atoms with van der Waals surface area (Å²) in [5, 5.41) is 22.4. The van der Waals surface area contributed by atoms with Gasteiger partial charge in [0.15, 0.2) is 5.69 Å². The Morgan fingerprint density at radius 2 is 1.86 bits per heavy atom. The van der Waals surface area contributed by atoms with Crippen LogP contribution in [-0.4, -0.2) is 33.9 Å². The zero-order valence-corrected chi connectivity index (χ0v) is 14.7. The number of halogens is 3. The second-order valence-electron chi connectivity index (χ2n) is 5.96. The van der Waals surface area contributed by atoms with Crippen molar-refractivity contribution < 1.29 is 32.9 Å². The summed E-state index contributed by atoms with van der Waals surface area (Å²) < 4.78 is 44.1. The Bertz CT molecular complexity index is 787. The lowest BCUT2D eigenvalue weighted by atomic mass is 10.00. The van der Waals surface area contributed by atoms with Gasteiger partial charge in [-0.2, -0.15) is 13.2 Å². The largest absolute Gasteiger partial charge is 0.445 e. The van der Waals surface area contributed by atoms with Gasteiger partial charge < -0.3 is 26.0 Å². The Balaban J connectivity index is 1.86. The standard InChI is InChI=1S/C18H20F3N3O4/c19-18(20,21)16-12(6-7-14(22)24-16)15(26)13(25)8-9-23-17(27)28-10-11-4-2-1-3-5-11/h1-7,13,15,25-26H,8-10H2,(H2,22,24)(H,23,27). The zero-order chi connectivity index (χ0) is 20.7. The molecule has 0 fully saturated rings. The Morgan fingerprint density at radius 3 is 2.50 bits per heavy atom. The van der Waals surface area contributed by atoms with E-state index < -0.39 is 35.7 Å². The number of carbonyl (C=O) groups excluding carboxylic acids is 1. The molecule has 1 amide bonds. The number of hydrogen-bond acceptors (Lipinski definition) is 6. The first kappa shape index (κ1) is 21.5. The third-order valence-electron chi connectivity index (χ3n) is 3.82. The lowest BCUT2D eigenvalue weighted by Gasteiger charge is -2.21. The summed E-state index contributed by atoms with van der Waals surface area (Å²) >= 11 is 0. The molecule has 0 radical (unpaired) electrons. The second-order valence-corrected chi connectivity index (χ2v) is 5.96. The fourth-order valence-electron chi connectivity index (χ4n) is 2.41. The number of aliphatic hydroxyl groups is 2. The van der Waals surface area contributed by atoms with Crippen LogP contribution in [0.15, 0.2) is 42.5 Å². The van der Waals surface area contributed by atoms with Gasteiger partial charge in [0, 0.05) is 12.1 Å². The normalized spacial score (nSPS) is 13.6. The van der Waals surface area contributed by atoms with E-state index in [0.717, 1.165) is 17.7 Å². The maximum Gasteiger partial charge on any atom is 0.433 e. The lowest BCUT2D eigenvalue weighted by Crippen LogP contribution is -2.30. The first-order valence-electron chi connectivity index (χ1n) is 8.32. The molecule has 2 unspecified atom stereocenters. The highest BCUT2D eigenvalue weighted by Crippen LogP contribution is 2.35. The van der Waals surface area contributed by atoms with Crippen LogP contribution in [0.25, 0.3) is 0 Å². The summed E-state index contributed by atoms with van der Waals surface area (Å²) in [4.78, 5) is 14.8. The van der Waals surface area contributed by atoms with Gasteiger partial charge in [0.1, 0.15) is 18.5 Å². The molecule has 0 spiro atoms. The van der Waals surface area contributed by atoms with Crippen LogP contribution in [0.5, 0.6) is 0 Å². The number of aliphatic hydroxyl groups excluding tert-OH is 2. The quantitative estimate of drug-likeness (QED) is 0.568. The Labute approximate surface area is 159 Å². The summed E-state index contributed by atoms with van der Waals surface area (Å²) in [6.45, 7) is -0.0699. The molecular formula is C18H20F3N3O4. The van der Waals surface area contributed by atoms with E-state index in [2.05, 4.69) is 10.3 Å². The van der Waals surface area contributed by atoms with Gasteiger partial charge in [-0.1, -0.05) is 36.4 Å². The molecule has 0 saturated heterocycles. The minimum Gasteiger partial charge on any atom is -0.445 e. The topological polar surface area (TPSA) is 118 Å². The van der Waals surface area contributed by atoms with Gasteiger partial charge in [0.05, 0.1) is 6.10 Å². The fraction of sp³-hybridized carbons (Fsp3) is 0.333. The molecule has 0 aliphatic heterocycles. The third kappa shape index (κ3) is 6.10. The number of nitrogen functional groups attached to an aromatic ring is 1. The predicted octanol–water partition coefficient (Wildman–Crippen LogP) is 2.39. The van der Waals surface area contributed by atoms with Crippen LogP contribution in [-0.2, 0) is 17.5 Å². The van der Waals surface area contributed by atoms with Crippen LogP contribution >= 0.6 is 0 Å². The summed E-state index contributed by atoms with van der Waals surface area (Å²) in [5.41, 5.74) is 4.09. The monoisotopic (exact) mass is 399 g/mol. The van der Waals surface area contributed by atoms with E-state index in [4.69, 9.17) is 10.5 Å². The highest BCUT2D eigenvalue weighted by molar-refractivity contribution is 5.67. The highest BCUT2D eigenvalue weighted by atomic mass is 19.4. The molecular weight excluding hydrogens is 379 g/mol. The number of aromatic nitrogens is 1. The molecule has 28 heavy (non-hydrogen) atoms. The Kier molecular flexibility index (Phi) is 7.18. The number of ether oxygens (including phenoxy) is 1. The number of alkyl halides is 3. The van der Waals surface area contributed by atoms with Gasteiger partial charge in [-0.25, -0.2) is 9.78 Å². The van der Waals surface area contributed by atoms with Gasteiger partial charge in [-0.3, -0.25) is 0 Å². The summed E-state index contributed by atoms with van der Waals surface area (Å²) in [6.07, 6.45) is -9.22. The van der Waals surface area contributed by atoms with Crippen molar-refractivity contribution in [2.75, 3.05) is 12.3 Å². The number of rotatable bonds is 7. The number of amides is 1. The van der Waals surface area contributed by atoms with Crippen molar-refractivity contribution in [3.8, 4) is 0 Å². The maximum absolute atomic E-state index is 13.1. The van der Waals surface area contributed by atoms with Crippen molar-refractivity contribution in [2.24, 2.45) is 0 Å². The molecule has 2 aromatic rings. The van der Waals surface area contributed by atoms with Gasteiger partial charge in [-0.15, -0.1) is 0 Å². The summed E-state index contributed by atoms with van der Waals surface area (Å²) in [5.74, 6) is -0.361. The van der Waals surface area contributed by atoms with Gasteiger partial charge >= 0.3 is 12.3 Å². The van der Waals surface area contributed by atoms with Crippen LogP contribution in [0.2, 0.25) is 0 Å². The molecule has 0 saturated carbocycles. The van der Waals surface area contributed by atoms with Gasteiger partial charge in [0.2, 0.25) is 0 Å². The number of pyridine rings is 1. The minimum absolute atomic E-state index is 0.0455. The molecule has 152 valence electrons. The first-order chi connectivity index (χ1) is 13.2. The average Bonchev–Trinajstić information content (AvgIpc) is 2.66. The summed E-state index contributed by atoms with van der Waals surface area (Å²) in [6, 6.07) is 11.0. The van der Waals surface area contributed by atoms with Crippen LogP contribution in [0, 0.1) is 0 Å². The van der Waals surface area contributed by atoms with E-state index in [1.165, 1.54) is 0 Å². The van der Waals surface area contributed by atoms with E-state index in [-0.39, 0.29) is 25.4 Å². The van der Waals surface area contributed by atoms with Crippen molar-refractivity contribution in [1.29, 1.82) is 0 Å². The number of nitrogens with two attached hydrogens (primary N) is 1. The third-order valence-corrected chi connectivity index (χ3v) is 3.82. The predicted molar refractivity (Wildman–Crippen MR) is 93.9 cm³/mol. The lowest BCUT2D eigenvalue weighted by molar-refractivity contribution is -0.143. The maximum atomic E-state index is 13.1. The van der Waals surface area contributed by atoms with Gasteiger partial charge in [-0.05, 0) is 18.1 Å². The SMILES string of the molecule is Nc1ccc(C(O)C(O)CCNC(=O)OCc2ccccc2)c(C(F)(F)F)n1. The van der Waals surface area contributed by atoms with E-state index in [1.54, 1.807) is 24.3 Å². The van der Waals surface area contributed by atoms with Crippen molar-refractivity contribution in [2.45, 2.75) is 31.4 Å². The molecule has 1 aromatic carbocycles. The molecule has 2 atom stereocenters. The van der Waals surface area contributed by atoms with Crippen molar-refractivity contribution in [3.63, 3.8) is 0 Å². The van der Waals surface area contributed by atoms with Crippen molar-refractivity contribution in [3.05, 3.63) is 59.3 Å². The van der Waals surface area contributed by atoms with Crippen LogP contribution < -0.4 is 11.1 Å². The molecule has 10 heteroatoms. The number of nitrogens with one attached hydrogen (secondary N) is 1. The first-order valence-corrected chi connectivity index (χ1v) is 8.32. The zero-order valence-electron chi connectivity index (χ0n) is 14.7. The van der Waals surface area contributed by atoms with E-state index >= 15 is 0 Å². The number of carbonyl (C=O) groups is 1. The molecule has 0 aliphatic carbocycles. The molecule has 0 bridgehead atoms. The molecule has 1 aromatic heterocycles. The van der Waals surface area contributed by atoms with Crippen LogP contribution in [0.1, 0.15) is 29.3 Å². The van der Waals surface area contributed by atoms with Gasteiger partial charge in [0.25, 0.3) is 0 Å². The molecule has 1 heterocycles. The van der Waals surface area contributed by atoms with Crippen molar-refractivity contribution in [1.82, 2.24) is 10.3 Å². The fourth-order valence-corrected chi connectivity index (χ4v) is 2.41. The van der Waals surface area contributed by atoms with Crippen LogP contribution in [0.3, 0.4) is 0 Å². The number of benzene rings is 1. The Morgan fingerprint density at radius 1 is 1.18 bits per heavy atom. The molecule has 2 rings (SSSR count). The highest BCUT2D eigenvalue weighted by Gasteiger charge is 2.38. The van der Waals surface area contributed by atoms with Crippen molar-refractivity contribution >= 4 is 11.9 Å². The second kappa shape index (κ2) is 9.38. The number of nitrogens with zero attached hydrogens (tertiary/aromatic N) is 1. The van der Waals surface area contributed by atoms with Crippen LogP contribution in [0.4, 0.5) is 23.8 Å².